The predicted molar refractivity (Wildman–Crippen MR) is 362 cm³/mol. The molecule has 3 aromatic carbocycles. The molecule has 2 bridgehead atoms. The number of likely N-dealkylation sites (N-methyl/N-ethyl adjacent to an activating group) is 2. The average molecular weight is 1400 g/mol. The standard InChI is InChI=1S/C66H80Cl2N13O15P/c1-36(2)55(76-48(82)12-8-7-9-20-79-49(83)17-18-50(79)84)59(86)75-43(11-10-19-71-62(70)89)58(85)74-42-15-13-39(14-16-42)31-94-63(90)77(5)21-22-78(6)64(91)95-46-23-44-53(51-37(3)27-72-56(46)51)40(25-67)29-80(44)60(87)65-32-66(33-65,34-65)61(88)81-30-41(26-68)54-45(81)24-47(96-97(92,93)35-69)57-52(54)38(4)28-73-57/h13-18,23-24,27-28,35-36,40-41,43,55,69,72-73H,7-12,19-22,25-26,29-34H2,1-6H3,(H,74,85)(H,75,86)(H,76,82)(H,92,93)(H3,70,71,89)/t40-,41?,43?,55?,65?,66?/m1/s1. The van der Waals surface area contributed by atoms with Gasteiger partial charge in [0.05, 0.1) is 33.2 Å². The van der Waals surface area contributed by atoms with E-state index in [0.29, 0.717) is 64.3 Å². The summed E-state index contributed by atoms with van der Waals surface area (Å²) in [6, 6.07) is 6.81. The molecule has 11 rings (SSSR count). The summed E-state index contributed by atoms with van der Waals surface area (Å²) in [6.45, 7) is 8.05. The number of fused-ring (bicyclic) bond motifs is 6. The molecule has 97 heavy (non-hydrogen) atoms. The Morgan fingerprint density at radius 3 is 1.87 bits per heavy atom. The molecule has 10 N–H and O–H groups in total. The first-order valence-electron chi connectivity index (χ1n) is 32.1. The molecule has 2 aromatic heterocycles. The number of rotatable bonds is 29. The minimum absolute atomic E-state index is 0.0139. The van der Waals surface area contributed by atoms with E-state index in [4.69, 9.17) is 48.3 Å². The van der Waals surface area contributed by atoms with Crippen LogP contribution >= 0.6 is 30.8 Å². The van der Waals surface area contributed by atoms with E-state index in [1.807, 2.05) is 13.8 Å². The summed E-state index contributed by atoms with van der Waals surface area (Å²) in [7, 11) is -1.44. The van der Waals surface area contributed by atoms with Crippen LogP contribution in [0.4, 0.5) is 31.4 Å². The summed E-state index contributed by atoms with van der Waals surface area (Å²) in [5, 5.41) is 19.7. The summed E-state index contributed by atoms with van der Waals surface area (Å²) in [5.74, 6) is -2.66. The lowest BCUT2D eigenvalue weighted by atomic mass is 9.34. The van der Waals surface area contributed by atoms with Crippen molar-refractivity contribution in [1.29, 1.82) is 5.41 Å². The number of unbranched alkanes of at least 4 members (excludes halogenated alkanes) is 2. The molecule has 3 saturated carbocycles. The molecule has 3 aliphatic heterocycles. The van der Waals surface area contributed by atoms with Crippen molar-refractivity contribution in [2.45, 2.75) is 116 Å². The molecule has 0 spiro atoms. The van der Waals surface area contributed by atoms with E-state index in [-0.39, 0.29) is 155 Å². The summed E-state index contributed by atoms with van der Waals surface area (Å²) >= 11 is 13.2. The van der Waals surface area contributed by atoms with Gasteiger partial charge in [0.15, 0.2) is 11.5 Å². The number of amides is 11. The zero-order valence-electron chi connectivity index (χ0n) is 54.6. The van der Waals surface area contributed by atoms with Crippen molar-refractivity contribution in [2.75, 3.05) is 80.2 Å². The van der Waals surface area contributed by atoms with Crippen LogP contribution in [-0.4, -0.2) is 172 Å². The number of aryl methyl sites for hydroxylation is 2. The van der Waals surface area contributed by atoms with Gasteiger partial charge < -0.3 is 75.5 Å². The average Bonchev–Trinajstić information content (AvgIpc) is 1.11. The van der Waals surface area contributed by atoms with Crippen LogP contribution in [0, 0.1) is 36.0 Å². The number of carbonyl (C=O) groups excluding carboxylic acids is 10. The number of imide groups is 1. The normalized spacial score (nSPS) is 20.1. The number of urea groups is 1. The Kier molecular flexibility index (Phi) is 21.2. The van der Waals surface area contributed by atoms with Crippen molar-refractivity contribution in [2.24, 2.45) is 22.5 Å². The molecule has 6 aliphatic rings. The van der Waals surface area contributed by atoms with Crippen LogP contribution in [0.1, 0.15) is 111 Å². The molecule has 11 amide bonds. The Labute approximate surface area is 569 Å². The second-order valence-corrected chi connectivity index (χ2v) is 28.4. The Hall–Kier alpha value is -8.98. The Morgan fingerprint density at radius 2 is 1.33 bits per heavy atom. The number of aromatic nitrogens is 2. The Morgan fingerprint density at radius 1 is 0.784 bits per heavy atom. The zero-order chi connectivity index (χ0) is 70.0. The predicted octanol–water partition coefficient (Wildman–Crippen LogP) is 7.84. The van der Waals surface area contributed by atoms with Crippen molar-refractivity contribution in [1.82, 2.24) is 40.6 Å². The van der Waals surface area contributed by atoms with Crippen molar-refractivity contribution in [3.05, 3.63) is 88.8 Å². The van der Waals surface area contributed by atoms with Gasteiger partial charge in [0.25, 0.3) is 11.8 Å². The van der Waals surface area contributed by atoms with Crippen LogP contribution in [0.2, 0.25) is 0 Å². The van der Waals surface area contributed by atoms with Crippen LogP contribution in [0.5, 0.6) is 11.5 Å². The maximum Gasteiger partial charge on any atom is 0.418 e. The highest BCUT2D eigenvalue weighted by atomic mass is 35.5. The third-order valence-electron chi connectivity index (χ3n) is 18.9. The number of alkyl halides is 2. The molecule has 5 atom stereocenters. The second-order valence-electron chi connectivity index (χ2n) is 26.2. The van der Waals surface area contributed by atoms with Crippen molar-refractivity contribution >= 4 is 135 Å². The summed E-state index contributed by atoms with van der Waals surface area (Å²) in [5.41, 5.74) is 9.78. The molecule has 5 aromatic rings. The van der Waals surface area contributed by atoms with Gasteiger partial charge in [0.2, 0.25) is 29.5 Å². The minimum Gasteiger partial charge on any atom is -0.445 e. The molecule has 3 fully saturated rings. The number of benzene rings is 3. The molecule has 4 unspecified atom stereocenters. The maximum atomic E-state index is 15.0. The number of anilines is 3. The van der Waals surface area contributed by atoms with Crippen LogP contribution in [0.25, 0.3) is 21.8 Å². The van der Waals surface area contributed by atoms with E-state index in [2.05, 4.69) is 31.2 Å². The number of hydrogen-bond acceptors (Lipinski definition) is 15. The van der Waals surface area contributed by atoms with Gasteiger partial charge in [0.1, 0.15) is 24.6 Å². The van der Waals surface area contributed by atoms with Gasteiger partial charge >= 0.3 is 25.8 Å². The minimum atomic E-state index is -4.46. The van der Waals surface area contributed by atoms with Gasteiger partial charge in [-0.2, -0.15) is 0 Å². The fraction of sp³-hybridized carbons (Fsp3) is 0.470. The monoisotopic (exact) mass is 1400 g/mol. The molecule has 31 heteroatoms. The summed E-state index contributed by atoms with van der Waals surface area (Å²) in [4.78, 5) is 156. The number of ether oxygens (including phenoxy) is 2. The fourth-order valence-electron chi connectivity index (χ4n) is 13.8. The van der Waals surface area contributed by atoms with Crippen molar-refractivity contribution < 1.29 is 71.4 Å². The number of carbonyl (C=O) groups is 10. The molecule has 3 aliphatic carbocycles. The topological polar surface area (TPSA) is 381 Å². The number of nitrogens with two attached hydrogens (primary N) is 1. The zero-order valence-corrected chi connectivity index (χ0v) is 57.1. The van der Waals surface area contributed by atoms with Crippen LogP contribution < -0.4 is 46.1 Å². The lowest BCUT2D eigenvalue weighted by molar-refractivity contribution is -0.205. The molecule has 0 radical (unpaired) electrons. The lowest BCUT2D eigenvalue weighted by Crippen LogP contribution is -2.73. The quantitative estimate of drug-likeness (QED) is 0.00723. The number of hydrogen-bond donors (Lipinski definition) is 9. The number of H-pyrrole nitrogens is 2. The first-order valence-corrected chi connectivity index (χ1v) is 34.8. The number of nitrogens with one attached hydrogen (secondary N) is 7. The van der Waals surface area contributed by atoms with Gasteiger partial charge in [0, 0.05) is 137 Å². The molecular weight excluding hydrogens is 1320 g/mol. The van der Waals surface area contributed by atoms with E-state index in [1.165, 1.54) is 36.0 Å². The van der Waals surface area contributed by atoms with Gasteiger partial charge in [-0.1, -0.05) is 32.4 Å². The van der Waals surface area contributed by atoms with Gasteiger partial charge in [-0.15, -0.1) is 23.2 Å². The van der Waals surface area contributed by atoms with Crippen LogP contribution in [0.15, 0.2) is 60.9 Å². The Balaban J connectivity index is 0.713. The third kappa shape index (κ3) is 14.7. The van der Waals surface area contributed by atoms with Gasteiger partial charge in [-0.3, -0.25) is 43.9 Å². The number of nitrogens with zero attached hydrogens (tertiary/aromatic N) is 5. The van der Waals surface area contributed by atoms with Crippen molar-refractivity contribution in [3.8, 4) is 11.5 Å². The molecule has 518 valence electrons. The SMILES string of the molecule is Cc1c[nH]c2c(OP(=O)(O)C=N)cc3c(c12)C(CCl)CN3C(=O)C12CC(C(=O)N3C[C@@H](CCl)c4c3cc(OC(=O)N(C)CCN(C)C(=O)OCc3ccc(NC(=O)C(CCCNC(N)=O)NC(=O)C(NC(=O)CCCCCN5C(=O)C=CC5=O)C(C)C)cc3)c3[nH]cc(C)c43)(C1)C2. The number of aromatic amines is 2. The highest BCUT2D eigenvalue weighted by Crippen LogP contribution is 2.75. The lowest BCUT2D eigenvalue weighted by Gasteiger charge is -2.69. The largest absolute Gasteiger partial charge is 0.445 e. The van der Waals surface area contributed by atoms with E-state index in [1.54, 1.807) is 72.4 Å². The molecule has 0 saturated heterocycles. The smallest absolute Gasteiger partial charge is 0.418 e. The highest BCUT2D eigenvalue weighted by molar-refractivity contribution is 7.68. The number of primary amides is 1. The molecule has 28 nitrogen and oxygen atoms in total. The first-order chi connectivity index (χ1) is 46.1. The van der Waals surface area contributed by atoms with Gasteiger partial charge in [-0.25, -0.2) is 18.9 Å². The fourth-order valence-corrected chi connectivity index (χ4v) is 14.8. The van der Waals surface area contributed by atoms with E-state index < -0.39 is 60.5 Å². The highest BCUT2D eigenvalue weighted by Gasteiger charge is 2.76. The number of halogens is 2. The van der Waals surface area contributed by atoms with Crippen LogP contribution in [-0.2, 0) is 49.5 Å². The first kappa shape index (κ1) is 70.8. The Bertz CT molecular complexity index is 4040. The third-order valence-corrected chi connectivity index (χ3v) is 20.4. The second kappa shape index (κ2) is 29.0. The molecule has 5 heterocycles. The van der Waals surface area contributed by atoms with E-state index >= 15 is 0 Å². The van der Waals surface area contributed by atoms with E-state index in [9.17, 15) is 57.4 Å². The summed E-state index contributed by atoms with van der Waals surface area (Å²) in [6.07, 6.45) is 7.33. The van der Waals surface area contributed by atoms with E-state index in [0.717, 1.165) is 32.5 Å². The summed E-state index contributed by atoms with van der Waals surface area (Å²) < 4.78 is 29.8. The van der Waals surface area contributed by atoms with Gasteiger partial charge in [-0.05, 0) is 105 Å². The van der Waals surface area contributed by atoms with Crippen LogP contribution in [0.3, 0.4) is 0 Å². The van der Waals surface area contributed by atoms with Crippen molar-refractivity contribution in [3.63, 3.8) is 0 Å². The molecular formula is C66H80Cl2N13O15P. The maximum absolute atomic E-state index is 15.0.